The van der Waals surface area contributed by atoms with E-state index in [0.29, 0.717) is 23.9 Å². The standard InChI is InChI=1S/C83H165N2O6P/c1-6-8-10-12-14-16-18-20-22-24-26-28-30-32-34-36-37-38-39-40-41-42-43-44-45-46-47-49-51-53-55-57-59-61-63-65-67-69-71-73-75-77-83(87)84-81(80-91-92(88,89)90-79-78-85(3,4)5)82(86)76-74-72-70-68-66-64-62-60-58-56-54-52-50-48-35-33-31-29-27-25-23-21-19-17-15-13-11-9-7-2/h18,20,24,26,81-82,86H,6-17,19,21-23,25,27-80H2,1-5H3,(H-,84,87,88,89)/p+1/b20-18-,26-24-. The van der Waals surface area contributed by atoms with E-state index in [4.69, 9.17) is 9.05 Å². The normalized spacial score (nSPS) is 13.5. The van der Waals surface area contributed by atoms with E-state index in [1.54, 1.807) is 0 Å². The van der Waals surface area contributed by atoms with Crippen LogP contribution in [0.3, 0.4) is 0 Å². The Morgan fingerprint density at radius 2 is 0.620 bits per heavy atom. The number of unbranched alkanes of at least 4 members (excludes halogenated alkanes) is 62. The Kier molecular flexibility index (Phi) is 73.4. The summed E-state index contributed by atoms with van der Waals surface area (Å²) >= 11 is 0. The molecule has 0 aromatic carbocycles. The fraction of sp³-hybridized carbons (Fsp3) is 0.940. The van der Waals surface area contributed by atoms with Crippen LogP contribution in [0.4, 0.5) is 0 Å². The highest BCUT2D eigenvalue weighted by atomic mass is 31.2. The molecule has 0 aromatic heterocycles. The molecule has 0 bridgehead atoms. The van der Waals surface area contributed by atoms with Crippen LogP contribution in [0.5, 0.6) is 0 Å². The highest BCUT2D eigenvalue weighted by molar-refractivity contribution is 7.47. The molecule has 0 radical (unpaired) electrons. The van der Waals surface area contributed by atoms with E-state index in [-0.39, 0.29) is 19.1 Å². The van der Waals surface area contributed by atoms with Crippen molar-refractivity contribution in [2.24, 2.45) is 0 Å². The summed E-state index contributed by atoms with van der Waals surface area (Å²) in [6.45, 7) is 4.96. The lowest BCUT2D eigenvalue weighted by Gasteiger charge is -2.26. The van der Waals surface area contributed by atoms with Gasteiger partial charge in [0.15, 0.2) is 0 Å². The Balaban J connectivity index is 3.86. The van der Waals surface area contributed by atoms with Crippen molar-refractivity contribution >= 4 is 13.7 Å². The van der Waals surface area contributed by atoms with Crippen molar-refractivity contribution in [2.75, 3.05) is 40.9 Å². The summed E-state index contributed by atoms with van der Waals surface area (Å²) in [6.07, 6.45) is 99.2. The Bertz CT molecular complexity index is 1550. The SMILES string of the molecule is CCCCCCC/C=C\C/C=C\CCCCCCCCCCCCCCCCCCCCCCCCCCCCCCCC(=O)NC(COP(=O)(O)OCC[N+](C)(C)C)C(O)CCCCCCCCCCCCCCCCCCCCCCCCCCCCCCC. The lowest BCUT2D eigenvalue weighted by atomic mass is 10.0. The Morgan fingerprint density at radius 3 is 0.891 bits per heavy atom. The maximum absolute atomic E-state index is 13.1. The molecule has 0 aliphatic carbocycles. The van der Waals surface area contributed by atoms with Gasteiger partial charge in [0.1, 0.15) is 13.2 Å². The van der Waals surface area contributed by atoms with Crippen molar-refractivity contribution in [3.05, 3.63) is 24.3 Å². The van der Waals surface area contributed by atoms with Crippen LogP contribution in [0.25, 0.3) is 0 Å². The number of aliphatic hydroxyl groups excluding tert-OH is 1. The maximum atomic E-state index is 13.1. The minimum atomic E-state index is -4.33. The number of carbonyl (C=O) groups is 1. The van der Waals surface area contributed by atoms with Crippen LogP contribution in [0.2, 0.25) is 0 Å². The Hall–Kier alpha value is -1.02. The van der Waals surface area contributed by atoms with Crippen molar-refractivity contribution in [3.63, 3.8) is 0 Å². The van der Waals surface area contributed by atoms with Crippen molar-refractivity contribution in [2.45, 2.75) is 463 Å². The molecule has 548 valence electrons. The van der Waals surface area contributed by atoms with Gasteiger partial charge in [-0.2, -0.15) is 0 Å². The summed E-state index contributed by atoms with van der Waals surface area (Å²) in [4.78, 5) is 23.5. The summed E-state index contributed by atoms with van der Waals surface area (Å²) in [5.41, 5.74) is 0. The molecule has 0 spiro atoms. The van der Waals surface area contributed by atoms with Crippen LogP contribution < -0.4 is 5.32 Å². The zero-order chi connectivity index (χ0) is 66.9. The van der Waals surface area contributed by atoms with Gasteiger partial charge in [-0.25, -0.2) is 4.57 Å². The molecular formula is C83H166N2O6P+. The average Bonchev–Trinajstić information content (AvgIpc) is 2.63. The third kappa shape index (κ3) is 76.3. The summed E-state index contributed by atoms with van der Waals surface area (Å²) < 4.78 is 24.0. The minimum absolute atomic E-state index is 0.0785. The van der Waals surface area contributed by atoms with E-state index in [9.17, 15) is 19.4 Å². The number of allylic oxidation sites excluding steroid dienone is 4. The number of likely N-dealkylation sites (N-methyl/N-ethyl adjacent to an activating group) is 1. The smallest absolute Gasteiger partial charge is 0.391 e. The van der Waals surface area contributed by atoms with Gasteiger partial charge in [-0.3, -0.25) is 13.8 Å². The van der Waals surface area contributed by atoms with Gasteiger partial charge in [-0.05, 0) is 44.9 Å². The van der Waals surface area contributed by atoms with Crippen molar-refractivity contribution in [1.29, 1.82) is 0 Å². The molecule has 8 nitrogen and oxygen atoms in total. The van der Waals surface area contributed by atoms with Crippen LogP contribution in [-0.2, 0) is 18.4 Å². The maximum Gasteiger partial charge on any atom is 0.472 e. The number of phosphoric acid groups is 1. The minimum Gasteiger partial charge on any atom is -0.391 e. The third-order valence-corrected chi connectivity index (χ3v) is 20.7. The number of nitrogens with one attached hydrogen (secondary N) is 1. The fourth-order valence-electron chi connectivity index (χ4n) is 13.3. The summed E-state index contributed by atoms with van der Waals surface area (Å²) in [7, 11) is 1.64. The first-order valence-corrected chi connectivity index (χ1v) is 43.2. The first-order chi connectivity index (χ1) is 45.0. The monoisotopic (exact) mass is 1320 g/mol. The second-order valence-corrected chi connectivity index (χ2v) is 31.7. The average molecular weight is 1320 g/mol. The van der Waals surface area contributed by atoms with Gasteiger partial charge in [0.05, 0.1) is 39.9 Å². The fourth-order valence-corrected chi connectivity index (χ4v) is 14.0. The molecule has 0 fully saturated rings. The predicted octanol–water partition coefficient (Wildman–Crippen LogP) is 27.4. The van der Waals surface area contributed by atoms with E-state index in [1.165, 1.54) is 379 Å². The summed E-state index contributed by atoms with van der Waals surface area (Å²) in [6, 6.07) is -0.760. The number of quaternary nitrogens is 1. The molecule has 3 N–H and O–H groups in total. The van der Waals surface area contributed by atoms with Gasteiger partial charge in [-0.15, -0.1) is 0 Å². The lowest BCUT2D eigenvalue weighted by Crippen LogP contribution is -2.46. The predicted molar refractivity (Wildman–Crippen MR) is 406 cm³/mol. The molecule has 0 rings (SSSR count). The van der Waals surface area contributed by atoms with Crippen LogP contribution in [0, 0.1) is 0 Å². The molecule has 0 heterocycles. The van der Waals surface area contributed by atoms with Gasteiger partial charge in [-0.1, -0.05) is 423 Å². The third-order valence-electron chi connectivity index (χ3n) is 19.7. The number of nitrogens with zero attached hydrogens (tertiary/aromatic N) is 1. The van der Waals surface area contributed by atoms with Crippen molar-refractivity contribution in [1.82, 2.24) is 5.32 Å². The molecule has 92 heavy (non-hydrogen) atoms. The largest absolute Gasteiger partial charge is 0.472 e. The van der Waals surface area contributed by atoms with Gasteiger partial charge >= 0.3 is 7.82 Å². The molecule has 1 amide bonds. The summed E-state index contributed by atoms with van der Waals surface area (Å²) in [5, 5.41) is 14.2. The van der Waals surface area contributed by atoms with Gasteiger partial charge < -0.3 is 19.8 Å². The number of rotatable bonds is 79. The molecule has 0 aliphatic rings. The molecule has 0 saturated heterocycles. The molecule has 0 aromatic rings. The molecule has 0 aliphatic heterocycles. The molecule has 3 unspecified atom stereocenters. The van der Waals surface area contributed by atoms with Gasteiger partial charge in [0.25, 0.3) is 0 Å². The number of hydrogen-bond donors (Lipinski definition) is 3. The van der Waals surface area contributed by atoms with E-state index >= 15 is 0 Å². The molecular weight excluding hydrogens is 1150 g/mol. The molecule has 0 saturated carbocycles. The lowest BCUT2D eigenvalue weighted by molar-refractivity contribution is -0.870. The zero-order valence-electron chi connectivity index (χ0n) is 63.1. The Morgan fingerprint density at radius 1 is 0.370 bits per heavy atom. The number of amides is 1. The van der Waals surface area contributed by atoms with Gasteiger partial charge in [0.2, 0.25) is 5.91 Å². The topological polar surface area (TPSA) is 105 Å². The zero-order valence-corrected chi connectivity index (χ0v) is 64.0. The van der Waals surface area contributed by atoms with Gasteiger partial charge in [0, 0.05) is 6.42 Å². The molecule has 3 atom stereocenters. The number of hydrogen-bond acceptors (Lipinski definition) is 5. The second-order valence-electron chi connectivity index (χ2n) is 30.2. The van der Waals surface area contributed by atoms with E-state index < -0.39 is 20.0 Å². The Labute approximate surface area is 576 Å². The van der Waals surface area contributed by atoms with E-state index in [1.807, 2.05) is 21.1 Å². The van der Waals surface area contributed by atoms with Crippen LogP contribution in [-0.4, -0.2) is 73.4 Å². The number of carbonyl (C=O) groups excluding carboxylic acids is 1. The first-order valence-electron chi connectivity index (χ1n) is 41.7. The van der Waals surface area contributed by atoms with Crippen LogP contribution in [0.1, 0.15) is 450 Å². The van der Waals surface area contributed by atoms with Crippen LogP contribution in [0.15, 0.2) is 24.3 Å². The van der Waals surface area contributed by atoms with E-state index in [2.05, 4.69) is 43.5 Å². The summed E-state index contributed by atoms with van der Waals surface area (Å²) in [5.74, 6) is -0.132. The highest BCUT2D eigenvalue weighted by Gasteiger charge is 2.28. The number of phosphoric ester groups is 1. The first kappa shape index (κ1) is 91.0. The molecule has 9 heteroatoms. The highest BCUT2D eigenvalue weighted by Crippen LogP contribution is 2.43. The second kappa shape index (κ2) is 74.2. The quantitative estimate of drug-likeness (QED) is 0.0243. The number of aliphatic hydroxyl groups is 1. The van der Waals surface area contributed by atoms with E-state index in [0.717, 1.165) is 44.9 Å². The van der Waals surface area contributed by atoms with Crippen molar-refractivity contribution in [3.8, 4) is 0 Å². The van der Waals surface area contributed by atoms with Crippen LogP contribution >= 0.6 is 7.82 Å². The van der Waals surface area contributed by atoms with Crippen molar-refractivity contribution < 1.29 is 32.9 Å².